The summed E-state index contributed by atoms with van der Waals surface area (Å²) >= 11 is 0. The van der Waals surface area contributed by atoms with Crippen LogP contribution in [0.5, 0.6) is 0 Å². The van der Waals surface area contributed by atoms with Crippen LogP contribution in [0, 0.1) is 0 Å². The lowest BCUT2D eigenvalue weighted by Gasteiger charge is -2.29. The molecule has 10 nitrogen and oxygen atoms in total. The van der Waals surface area contributed by atoms with Gasteiger partial charge in [-0.2, -0.15) is 0 Å². The van der Waals surface area contributed by atoms with E-state index in [1.54, 1.807) is 0 Å². The topological polar surface area (TPSA) is 185 Å². The van der Waals surface area contributed by atoms with E-state index in [-0.39, 0.29) is 0 Å². The number of phosphoric ester groups is 1. The maximum Gasteiger partial charge on any atom is 0.469 e. The van der Waals surface area contributed by atoms with Crippen LogP contribution in [-0.4, -0.2) is 72.3 Å². The highest BCUT2D eigenvalue weighted by Gasteiger charge is 2.47. The van der Waals surface area contributed by atoms with E-state index in [1.165, 1.54) is 0 Å². The molecule has 0 heterocycles. The van der Waals surface area contributed by atoms with E-state index in [4.69, 9.17) is 25.1 Å². The van der Waals surface area contributed by atoms with Gasteiger partial charge in [0.2, 0.25) is 5.60 Å². The summed E-state index contributed by atoms with van der Waals surface area (Å²) in [5.41, 5.74) is -3.06. The summed E-state index contributed by atoms with van der Waals surface area (Å²) in [5, 5.41) is 44.7. The Morgan fingerprint density at radius 2 is 1.82 bits per heavy atom. The molecule has 0 aliphatic carbocycles. The van der Waals surface area contributed by atoms with Crippen molar-refractivity contribution in [1.82, 2.24) is 0 Å². The molecule has 0 saturated carbocycles. The fourth-order valence-electron chi connectivity index (χ4n) is 0.871. The minimum absolute atomic E-state index is 1.12. The molecular weight excluding hydrogens is 263 g/mol. The molecule has 0 amide bonds. The van der Waals surface area contributed by atoms with Gasteiger partial charge in [-0.05, 0) is 0 Å². The molecule has 17 heavy (non-hydrogen) atoms. The lowest BCUT2D eigenvalue weighted by atomic mass is 9.94. The van der Waals surface area contributed by atoms with Crippen LogP contribution >= 0.6 is 7.82 Å². The molecule has 11 heteroatoms. The van der Waals surface area contributed by atoms with E-state index < -0.39 is 44.8 Å². The molecule has 0 aromatic heterocycles. The van der Waals surface area contributed by atoms with E-state index >= 15 is 0 Å². The van der Waals surface area contributed by atoms with Gasteiger partial charge in [-0.3, -0.25) is 4.52 Å². The number of phosphoric acid groups is 1. The second-order valence-electron chi connectivity index (χ2n) is 3.19. The third-order valence-electron chi connectivity index (χ3n) is 1.88. The lowest BCUT2D eigenvalue weighted by molar-refractivity contribution is -0.191. The Bertz CT molecular complexity index is 312. The summed E-state index contributed by atoms with van der Waals surface area (Å²) in [7, 11) is -4.91. The maximum atomic E-state index is 10.5. The number of rotatable bonds is 7. The van der Waals surface area contributed by atoms with Crippen molar-refractivity contribution in [2.45, 2.75) is 17.8 Å². The Balaban J connectivity index is 4.63. The van der Waals surface area contributed by atoms with E-state index in [9.17, 15) is 19.6 Å². The predicted molar refractivity (Wildman–Crippen MR) is 49.7 cm³/mol. The molecule has 7 N–H and O–H groups in total. The SMILES string of the molecule is O=C(O)C(O)(CO)C(O)C(O)COP(=O)(O)O. The average molecular weight is 276 g/mol. The predicted octanol–water partition coefficient (Wildman–Crippen LogP) is -3.37. The molecule has 0 aromatic carbocycles. The van der Waals surface area contributed by atoms with Gasteiger partial charge in [-0.1, -0.05) is 0 Å². The van der Waals surface area contributed by atoms with Crippen LogP contribution in [0.1, 0.15) is 0 Å². The van der Waals surface area contributed by atoms with Crippen molar-refractivity contribution in [2.24, 2.45) is 0 Å². The van der Waals surface area contributed by atoms with Gasteiger partial charge >= 0.3 is 13.8 Å². The highest BCUT2D eigenvalue weighted by atomic mass is 31.2. The fraction of sp³-hybridized carbons (Fsp3) is 0.833. The number of aliphatic hydroxyl groups excluding tert-OH is 3. The Labute approximate surface area is 94.9 Å². The van der Waals surface area contributed by atoms with Crippen LogP contribution in [0.4, 0.5) is 0 Å². The summed E-state index contributed by atoms with van der Waals surface area (Å²) in [4.78, 5) is 27.1. The molecule has 3 atom stereocenters. The molecular formula is C6H13O10P. The number of hydrogen-bond acceptors (Lipinski definition) is 7. The number of aliphatic carboxylic acids is 1. The van der Waals surface area contributed by atoms with Crippen molar-refractivity contribution >= 4 is 13.8 Å². The van der Waals surface area contributed by atoms with Crippen molar-refractivity contribution in [3.05, 3.63) is 0 Å². The van der Waals surface area contributed by atoms with Crippen LogP contribution < -0.4 is 0 Å². The van der Waals surface area contributed by atoms with Crippen LogP contribution in [0.15, 0.2) is 0 Å². The molecule has 0 bridgehead atoms. The first-order chi connectivity index (χ1) is 7.54. The van der Waals surface area contributed by atoms with Crippen molar-refractivity contribution in [3.8, 4) is 0 Å². The van der Waals surface area contributed by atoms with E-state index in [0.29, 0.717) is 0 Å². The summed E-state index contributed by atoms with van der Waals surface area (Å²) < 4.78 is 14.1. The number of carbonyl (C=O) groups is 1. The fourth-order valence-corrected chi connectivity index (χ4v) is 1.22. The number of carboxylic acid groups (broad SMARTS) is 1. The summed E-state index contributed by atoms with van der Waals surface area (Å²) in [6.07, 6.45) is -4.51. The van der Waals surface area contributed by atoms with Crippen LogP contribution in [0.25, 0.3) is 0 Å². The molecule has 0 saturated heterocycles. The highest BCUT2D eigenvalue weighted by molar-refractivity contribution is 7.46. The molecule has 0 rings (SSSR count). The summed E-state index contributed by atoms with van der Waals surface area (Å²) in [6.45, 7) is -2.53. The van der Waals surface area contributed by atoms with E-state index in [1.807, 2.05) is 0 Å². The Morgan fingerprint density at radius 1 is 1.35 bits per heavy atom. The average Bonchev–Trinajstić information content (AvgIpc) is 2.22. The minimum Gasteiger partial charge on any atom is -0.479 e. The molecule has 0 spiro atoms. The molecule has 3 unspecified atom stereocenters. The van der Waals surface area contributed by atoms with Gasteiger partial charge < -0.3 is 35.3 Å². The quantitative estimate of drug-likeness (QED) is 0.231. The van der Waals surface area contributed by atoms with Gasteiger partial charge in [-0.25, -0.2) is 9.36 Å². The molecule has 0 aliphatic rings. The highest BCUT2D eigenvalue weighted by Crippen LogP contribution is 2.36. The molecule has 0 aliphatic heterocycles. The zero-order chi connectivity index (χ0) is 13.9. The van der Waals surface area contributed by atoms with Gasteiger partial charge in [0.15, 0.2) is 0 Å². The Morgan fingerprint density at radius 3 is 2.12 bits per heavy atom. The number of carboxylic acids is 1. The monoisotopic (exact) mass is 276 g/mol. The van der Waals surface area contributed by atoms with Crippen molar-refractivity contribution in [2.75, 3.05) is 13.2 Å². The van der Waals surface area contributed by atoms with Gasteiger partial charge in [0.25, 0.3) is 0 Å². The minimum atomic E-state index is -4.91. The Hall–Kier alpha value is -0.580. The van der Waals surface area contributed by atoms with Crippen molar-refractivity contribution in [1.29, 1.82) is 0 Å². The molecule has 102 valence electrons. The summed E-state index contributed by atoms with van der Waals surface area (Å²) in [5.74, 6) is -2.01. The van der Waals surface area contributed by atoms with Gasteiger partial charge in [0.05, 0.1) is 13.2 Å². The van der Waals surface area contributed by atoms with Gasteiger partial charge in [0, 0.05) is 0 Å². The molecule has 0 radical (unpaired) electrons. The van der Waals surface area contributed by atoms with Crippen molar-refractivity contribution < 1.29 is 49.2 Å². The zero-order valence-corrected chi connectivity index (χ0v) is 9.27. The number of hydrogen-bond donors (Lipinski definition) is 7. The molecule has 0 fully saturated rings. The lowest BCUT2D eigenvalue weighted by Crippen LogP contribution is -2.58. The van der Waals surface area contributed by atoms with E-state index in [2.05, 4.69) is 4.52 Å². The van der Waals surface area contributed by atoms with Crippen LogP contribution in [0.3, 0.4) is 0 Å². The second kappa shape index (κ2) is 5.85. The smallest absolute Gasteiger partial charge is 0.469 e. The standard InChI is InChI=1S/C6H13O10P/c7-2-6(12,5(10)11)4(9)3(8)1-16-17(13,14)15/h3-4,7-9,12H,1-2H2,(H,10,11)(H2,13,14,15). The largest absolute Gasteiger partial charge is 0.479 e. The number of aliphatic hydroxyl groups is 4. The van der Waals surface area contributed by atoms with E-state index in [0.717, 1.165) is 0 Å². The van der Waals surface area contributed by atoms with Crippen LogP contribution in [-0.2, 0) is 13.9 Å². The normalized spacial score (nSPS) is 19.4. The summed E-state index contributed by atoms with van der Waals surface area (Å²) in [6, 6.07) is 0. The van der Waals surface area contributed by atoms with Crippen LogP contribution in [0.2, 0.25) is 0 Å². The Kier molecular flexibility index (Phi) is 5.65. The molecule has 0 aromatic rings. The second-order valence-corrected chi connectivity index (χ2v) is 4.43. The first-order valence-electron chi connectivity index (χ1n) is 4.17. The van der Waals surface area contributed by atoms with Gasteiger partial charge in [0.1, 0.15) is 12.2 Å². The van der Waals surface area contributed by atoms with Crippen molar-refractivity contribution in [3.63, 3.8) is 0 Å². The third-order valence-corrected chi connectivity index (χ3v) is 2.36. The van der Waals surface area contributed by atoms with Gasteiger partial charge in [-0.15, -0.1) is 0 Å². The first-order valence-corrected chi connectivity index (χ1v) is 5.70. The maximum absolute atomic E-state index is 10.5. The first kappa shape index (κ1) is 16.4. The third kappa shape index (κ3) is 4.66. The zero-order valence-electron chi connectivity index (χ0n) is 8.37.